The molecule has 3 nitrogen and oxygen atoms in total. The fourth-order valence-corrected chi connectivity index (χ4v) is 3.18. The van der Waals surface area contributed by atoms with Gasteiger partial charge in [0, 0.05) is 25.2 Å². The van der Waals surface area contributed by atoms with E-state index in [1.807, 2.05) is 6.20 Å². The molecule has 2 aromatic rings. The molecule has 1 aliphatic carbocycles. The van der Waals surface area contributed by atoms with Gasteiger partial charge in [0.15, 0.2) is 0 Å². The summed E-state index contributed by atoms with van der Waals surface area (Å²) in [7, 11) is 0. The van der Waals surface area contributed by atoms with Crippen LogP contribution < -0.4 is 5.32 Å². The van der Waals surface area contributed by atoms with Gasteiger partial charge in [0.25, 0.3) is 0 Å². The predicted octanol–water partition coefficient (Wildman–Crippen LogP) is 3.11. The molecular formula is C17H23N3. The molecule has 0 fully saturated rings. The van der Waals surface area contributed by atoms with Crippen LogP contribution in [0.2, 0.25) is 0 Å². The van der Waals surface area contributed by atoms with Crippen molar-refractivity contribution in [3.8, 4) is 0 Å². The zero-order valence-corrected chi connectivity index (χ0v) is 12.2. The third kappa shape index (κ3) is 2.78. The molecule has 1 heterocycles. The van der Waals surface area contributed by atoms with Gasteiger partial charge in [0.05, 0.1) is 5.69 Å². The highest BCUT2D eigenvalue weighted by atomic mass is 15.3. The maximum atomic E-state index is 4.51. The summed E-state index contributed by atoms with van der Waals surface area (Å²) in [6.07, 6.45) is 5.72. The van der Waals surface area contributed by atoms with E-state index in [1.165, 1.54) is 36.1 Å². The van der Waals surface area contributed by atoms with Crippen molar-refractivity contribution in [3.05, 3.63) is 53.3 Å². The first-order valence-electron chi connectivity index (χ1n) is 7.67. The molecule has 1 atom stereocenters. The Bertz CT molecular complexity index is 559. The largest absolute Gasteiger partial charge is 0.311 e. The summed E-state index contributed by atoms with van der Waals surface area (Å²) in [4.78, 5) is 0. The van der Waals surface area contributed by atoms with Crippen LogP contribution in [0.5, 0.6) is 0 Å². The molecule has 0 bridgehead atoms. The number of hydrogen-bond donors (Lipinski definition) is 1. The average molecular weight is 269 g/mol. The second kappa shape index (κ2) is 6.23. The van der Waals surface area contributed by atoms with Crippen molar-refractivity contribution in [2.75, 3.05) is 6.54 Å². The van der Waals surface area contributed by atoms with Gasteiger partial charge >= 0.3 is 0 Å². The number of fused-ring (bicyclic) bond motifs is 1. The molecule has 0 radical (unpaired) electrons. The Hall–Kier alpha value is -1.61. The minimum Gasteiger partial charge on any atom is -0.311 e. The van der Waals surface area contributed by atoms with Crippen molar-refractivity contribution in [1.29, 1.82) is 0 Å². The van der Waals surface area contributed by atoms with E-state index in [4.69, 9.17) is 0 Å². The zero-order valence-electron chi connectivity index (χ0n) is 12.2. The lowest BCUT2D eigenvalue weighted by molar-refractivity contribution is 0.443. The quantitative estimate of drug-likeness (QED) is 0.904. The number of nitrogens with one attached hydrogen (secondary N) is 1. The summed E-state index contributed by atoms with van der Waals surface area (Å²) in [6.45, 7) is 5.05. The summed E-state index contributed by atoms with van der Waals surface area (Å²) in [5.41, 5.74) is 4.35. The first-order chi connectivity index (χ1) is 9.88. The predicted molar refractivity (Wildman–Crippen MR) is 81.7 cm³/mol. The Kier molecular flexibility index (Phi) is 4.16. The van der Waals surface area contributed by atoms with Crippen LogP contribution in [-0.4, -0.2) is 16.3 Å². The molecule has 0 aliphatic heterocycles. The molecule has 1 N–H and O–H groups in total. The summed E-state index contributed by atoms with van der Waals surface area (Å²) < 4.78 is 2.18. The summed E-state index contributed by atoms with van der Waals surface area (Å²) in [5, 5.41) is 7.90. The SMILES string of the molecule is CCNCc1ccnn1CC1CCCc2ccccc21. The Balaban J connectivity index is 1.77. The monoisotopic (exact) mass is 269 g/mol. The normalized spacial score (nSPS) is 17.9. The van der Waals surface area contributed by atoms with Gasteiger partial charge in [0.1, 0.15) is 0 Å². The molecule has 20 heavy (non-hydrogen) atoms. The van der Waals surface area contributed by atoms with Gasteiger partial charge in [-0.25, -0.2) is 0 Å². The molecule has 106 valence electrons. The first-order valence-corrected chi connectivity index (χ1v) is 7.67. The number of aromatic nitrogens is 2. The van der Waals surface area contributed by atoms with Crippen LogP contribution in [0.1, 0.15) is 42.5 Å². The van der Waals surface area contributed by atoms with E-state index >= 15 is 0 Å². The Morgan fingerprint density at radius 3 is 3.10 bits per heavy atom. The fraction of sp³-hybridized carbons (Fsp3) is 0.471. The molecule has 0 amide bonds. The van der Waals surface area contributed by atoms with E-state index in [-0.39, 0.29) is 0 Å². The van der Waals surface area contributed by atoms with Gasteiger partial charge in [-0.1, -0.05) is 31.2 Å². The fourth-order valence-electron chi connectivity index (χ4n) is 3.18. The van der Waals surface area contributed by atoms with Crippen molar-refractivity contribution in [3.63, 3.8) is 0 Å². The van der Waals surface area contributed by atoms with Gasteiger partial charge in [-0.15, -0.1) is 0 Å². The van der Waals surface area contributed by atoms with Crippen LogP contribution in [0.3, 0.4) is 0 Å². The lowest BCUT2D eigenvalue weighted by atomic mass is 9.83. The lowest BCUT2D eigenvalue weighted by Crippen LogP contribution is -2.20. The van der Waals surface area contributed by atoms with Crippen LogP contribution in [0.4, 0.5) is 0 Å². The molecule has 1 aromatic heterocycles. The molecule has 1 aliphatic rings. The Morgan fingerprint density at radius 2 is 2.20 bits per heavy atom. The summed E-state index contributed by atoms with van der Waals surface area (Å²) in [5.74, 6) is 0.611. The molecule has 0 spiro atoms. The molecule has 0 saturated heterocycles. The third-order valence-corrected chi connectivity index (χ3v) is 4.25. The van der Waals surface area contributed by atoms with Crippen molar-refractivity contribution in [1.82, 2.24) is 15.1 Å². The van der Waals surface area contributed by atoms with E-state index in [2.05, 4.69) is 52.4 Å². The van der Waals surface area contributed by atoms with Crippen molar-refractivity contribution < 1.29 is 0 Å². The summed E-state index contributed by atoms with van der Waals surface area (Å²) >= 11 is 0. The molecular weight excluding hydrogens is 246 g/mol. The zero-order chi connectivity index (χ0) is 13.8. The second-order valence-electron chi connectivity index (χ2n) is 5.57. The Morgan fingerprint density at radius 1 is 1.30 bits per heavy atom. The van der Waals surface area contributed by atoms with Crippen molar-refractivity contribution in [2.45, 2.75) is 45.2 Å². The highest BCUT2D eigenvalue weighted by Crippen LogP contribution is 2.32. The van der Waals surface area contributed by atoms with Crippen molar-refractivity contribution >= 4 is 0 Å². The van der Waals surface area contributed by atoms with Crippen LogP contribution in [0.15, 0.2) is 36.5 Å². The average Bonchev–Trinajstić information content (AvgIpc) is 2.93. The van der Waals surface area contributed by atoms with Gasteiger partial charge in [-0.05, 0) is 43.0 Å². The van der Waals surface area contributed by atoms with Crippen molar-refractivity contribution in [2.24, 2.45) is 0 Å². The van der Waals surface area contributed by atoms with E-state index in [0.29, 0.717) is 5.92 Å². The molecule has 0 saturated carbocycles. The lowest BCUT2D eigenvalue weighted by Gasteiger charge is -2.26. The standard InChI is InChI=1S/C17H23N3/c1-2-18-12-16-10-11-19-20(16)13-15-8-5-7-14-6-3-4-9-17(14)15/h3-4,6,9-11,15,18H,2,5,7-8,12-13H2,1H3. The van der Waals surface area contributed by atoms with Gasteiger partial charge < -0.3 is 5.32 Å². The van der Waals surface area contributed by atoms with E-state index in [1.54, 1.807) is 0 Å². The topological polar surface area (TPSA) is 29.9 Å². The molecule has 3 rings (SSSR count). The number of benzene rings is 1. The van der Waals surface area contributed by atoms with E-state index < -0.39 is 0 Å². The Labute approximate surface area is 121 Å². The minimum atomic E-state index is 0.611. The maximum absolute atomic E-state index is 4.51. The van der Waals surface area contributed by atoms with Crippen LogP contribution in [0, 0.1) is 0 Å². The maximum Gasteiger partial charge on any atom is 0.0522 e. The minimum absolute atomic E-state index is 0.611. The highest BCUT2D eigenvalue weighted by molar-refractivity contribution is 5.32. The molecule has 3 heteroatoms. The van der Waals surface area contributed by atoms with Gasteiger partial charge in [-0.2, -0.15) is 5.10 Å². The smallest absolute Gasteiger partial charge is 0.0522 e. The number of aryl methyl sites for hydroxylation is 1. The second-order valence-corrected chi connectivity index (χ2v) is 5.57. The van der Waals surface area contributed by atoms with E-state index in [9.17, 15) is 0 Å². The van der Waals surface area contributed by atoms with Gasteiger partial charge in [0.2, 0.25) is 0 Å². The number of nitrogens with zero attached hydrogens (tertiary/aromatic N) is 2. The highest BCUT2D eigenvalue weighted by Gasteiger charge is 2.20. The number of rotatable bonds is 5. The first kappa shape index (κ1) is 13.4. The van der Waals surface area contributed by atoms with Gasteiger partial charge in [-0.3, -0.25) is 4.68 Å². The third-order valence-electron chi connectivity index (χ3n) is 4.25. The number of hydrogen-bond acceptors (Lipinski definition) is 2. The van der Waals surface area contributed by atoms with Crippen LogP contribution in [-0.2, 0) is 19.5 Å². The summed E-state index contributed by atoms with van der Waals surface area (Å²) in [6, 6.07) is 11.0. The van der Waals surface area contributed by atoms with Crippen LogP contribution >= 0.6 is 0 Å². The molecule has 1 unspecified atom stereocenters. The van der Waals surface area contributed by atoms with E-state index in [0.717, 1.165) is 19.6 Å². The van der Waals surface area contributed by atoms with Crippen LogP contribution in [0.25, 0.3) is 0 Å². The molecule has 1 aromatic carbocycles.